The molecular weight excluding hydrogens is 448 g/mol. The number of carbonyl (C=O) groups is 1. The van der Waals surface area contributed by atoms with Gasteiger partial charge in [0.15, 0.2) is 5.16 Å². The average molecular weight is 473 g/mol. The van der Waals surface area contributed by atoms with Gasteiger partial charge in [0.25, 0.3) is 0 Å². The highest BCUT2D eigenvalue weighted by Crippen LogP contribution is 2.24. The number of hydrogen-bond donors (Lipinski definition) is 1. The number of thioether (sulfide) groups is 2. The topological polar surface area (TPSA) is 59.8 Å². The lowest BCUT2D eigenvalue weighted by atomic mass is 10.1. The van der Waals surface area contributed by atoms with Crippen molar-refractivity contribution in [3.05, 3.63) is 82.7 Å². The lowest BCUT2D eigenvalue weighted by Crippen LogP contribution is -2.16. The summed E-state index contributed by atoms with van der Waals surface area (Å²) in [6.45, 7) is 8.42. The number of benzene rings is 2. The maximum absolute atomic E-state index is 12.5. The molecule has 0 saturated heterocycles. The molecule has 31 heavy (non-hydrogen) atoms. The third-order valence-corrected chi connectivity index (χ3v) is 6.81. The lowest BCUT2D eigenvalue weighted by Gasteiger charge is -2.11. The van der Waals surface area contributed by atoms with E-state index < -0.39 is 0 Å². The van der Waals surface area contributed by atoms with Gasteiger partial charge in [-0.3, -0.25) is 4.79 Å². The van der Waals surface area contributed by atoms with Gasteiger partial charge in [-0.25, -0.2) is 0 Å². The Morgan fingerprint density at radius 1 is 1.13 bits per heavy atom. The first-order chi connectivity index (χ1) is 15.0. The molecule has 0 aliphatic heterocycles. The van der Waals surface area contributed by atoms with Crippen LogP contribution in [-0.4, -0.2) is 26.4 Å². The van der Waals surface area contributed by atoms with Crippen LogP contribution in [0.2, 0.25) is 5.02 Å². The third kappa shape index (κ3) is 6.63. The van der Waals surface area contributed by atoms with Crippen LogP contribution >= 0.6 is 35.1 Å². The Morgan fingerprint density at radius 3 is 2.52 bits per heavy atom. The van der Waals surface area contributed by atoms with E-state index in [9.17, 15) is 4.79 Å². The summed E-state index contributed by atoms with van der Waals surface area (Å²) in [7, 11) is 0. The van der Waals surface area contributed by atoms with Gasteiger partial charge in [0, 0.05) is 23.0 Å². The van der Waals surface area contributed by atoms with Crippen molar-refractivity contribution < 1.29 is 4.79 Å². The Balaban J connectivity index is 1.58. The van der Waals surface area contributed by atoms with Gasteiger partial charge in [0.1, 0.15) is 5.82 Å². The molecule has 3 rings (SSSR count). The van der Waals surface area contributed by atoms with Gasteiger partial charge in [-0.1, -0.05) is 59.8 Å². The smallest absolute Gasteiger partial charge is 0.234 e. The zero-order valence-corrected chi connectivity index (χ0v) is 20.0. The van der Waals surface area contributed by atoms with E-state index in [1.54, 1.807) is 11.8 Å². The molecule has 1 aromatic heterocycles. The molecule has 1 N–H and O–H groups in total. The number of aromatic nitrogens is 3. The normalized spacial score (nSPS) is 10.8. The van der Waals surface area contributed by atoms with Gasteiger partial charge in [-0.2, -0.15) is 0 Å². The van der Waals surface area contributed by atoms with Crippen LogP contribution in [-0.2, 0) is 22.8 Å². The SMILES string of the molecule is C=CCn1c(CSCc2ccc(Cl)cc2)nnc1SCC(=O)Nc1c(C)cccc1C. The fourth-order valence-electron chi connectivity index (χ4n) is 3.00. The summed E-state index contributed by atoms with van der Waals surface area (Å²) in [5, 5.41) is 13.1. The molecule has 1 heterocycles. The van der Waals surface area contributed by atoms with Gasteiger partial charge in [0.05, 0.1) is 11.5 Å². The van der Waals surface area contributed by atoms with Crippen LogP contribution in [0.4, 0.5) is 5.69 Å². The number of anilines is 1. The van der Waals surface area contributed by atoms with Crippen LogP contribution in [0.1, 0.15) is 22.5 Å². The van der Waals surface area contributed by atoms with E-state index >= 15 is 0 Å². The molecule has 2 aromatic carbocycles. The monoisotopic (exact) mass is 472 g/mol. The van der Waals surface area contributed by atoms with Crippen LogP contribution in [0.3, 0.4) is 0 Å². The molecule has 0 atom stereocenters. The first-order valence-corrected chi connectivity index (χ1v) is 12.3. The number of halogens is 1. The number of carbonyl (C=O) groups excluding carboxylic acids is 1. The van der Waals surface area contributed by atoms with Gasteiger partial charge in [0.2, 0.25) is 5.91 Å². The third-order valence-electron chi connectivity index (χ3n) is 4.60. The standard InChI is InChI=1S/C23H25ClN4OS2/c1-4-12-28-20(14-30-13-18-8-10-19(24)11-9-18)26-27-23(28)31-15-21(29)25-22-16(2)6-5-7-17(22)3/h4-11H,1,12-15H2,2-3H3,(H,25,29). The summed E-state index contributed by atoms with van der Waals surface area (Å²) in [4.78, 5) is 12.5. The van der Waals surface area contributed by atoms with E-state index in [-0.39, 0.29) is 11.7 Å². The lowest BCUT2D eigenvalue weighted by molar-refractivity contribution is -0.113. The number of allylic oxidation sites excluding steroid dienone is 1. The second kappa shape index (κ2) is 11.4. The van der Waals surface area contributed by atoms with Crippen molar-refractivity contribution in [2.45, 2.75) is 37.1 Å². The Kier molecular flexibility index (Phi) is 8.63. The summed E-state index contributed by atoms with van der Waals surface area (Å²) in [6.07, 6.45) is 1.82. The molecule has 0 saturated carbocycles. The summed E-state index contributed by atoms with van der Waals surface area (Å²) < 4.78 is 2.01. The molecule has 162 valence electrons. The largest absolute Gasteiger partial charge is 0.325 e. The summed E-state index contributed by atoms with van der Waals surface area (Å²) >= 11 is 9.09. The quantitative estimate of drug-likeness (QED) is 0.294. The van der Waals surface area contributed by atoms with E-state index in [2.05, 4.69) is 22.1 Å². The highest BCUT2D eigenvalue weighted by atomic mass is 35.5. The molecule has 1 amide bonds. The minimum atomic E-state index is -0.0609. The molecule has 8 heteroatoms. The van der Waals surface area contributed by atoms with Crippen molar-refractivity contribution in [1.29, 1.82) is 0 Å². The van der Waals surface area contributed by atoms with E-state index in [1.807, 2.05) is 67.0 Å². The van der Waals surface area contributed by atoms with Crippen LogP contribution in [0.15, 0.2) is 60.3 Å². The first-order valence-electron chi connectivity index (χ1n) is 9.82. The Bertz CT molecular complexity index is 1030. The Labute approximate surface area is 196 Å². The molecule has 0 unspecified atom stereocenters. The number of aryl methyl sites for hydroxylation is 2. The molecule has 5 nitrogen and oxygen atoms in total. The van der Waals surface area contributed by atoms with Crippen molar-refractivity contribution in [3.8, 4) is 0 Å². The van der Waals surface area contributed by atoms with Crippen LogP contribution in [0.5, 0.6) is 0 Å². The van der Waals surface area contributed by atoms with E-state index in [4.69, 9.17) is 11.6 Å². The van der Waals surface area contributed by atoms with Gasteiger partial charge in [-0.05, 0) is 42.7 Å². The van der Waals surface area contributed by atoms with Gasteiger partial charge >= 0.3 is 0 Å². The molecule has 0 aliphatic rings. The number of nitrogens with zero attached hydrogens (tertiary/aromatic N) is 3. The first kappa shape index (κ1) is 23.4. The molecular formula is C23H25ClN4OS2. The number of amides is 1. The van der Waals surface area contributed by atoms with Gasteiger partial charge in [-0.15, -0.1) is 28.5 Å². The molecule has 3 aromatic rings. The second-order valence-corrected chi connectivity index (χ2v) is 9.39. The van der Waals surface area contributed by atoms with Crippen LogP contribution in [0, 0.1) is 13.8 Å². The summed E-state index contributed by atoms with van der Waals surface area (Å²) in [5.74, 6) is 2.66. The number of nitrogens with one attached hydrogen (secondary N) is 1. The molecule has 0 aliphatic carbocycles. The van der Waals surface area contributed by atoms with Gasteiger partial charge < -0.3 is 9.88 Å². The Hall–Kier alpha value is -2.22. The fraction of sp³-hybridized carbons (Fsp3) is 0.261. The average Bonchev–Trinajstić information content (AvgIpc) is 3.13. The van der Waals surface area contributed by atoms with Crippen molar-refractivity contribution >= 4 is 46.7 Å². The van der Waals surface area contributed by atoms with Crippen molar-refractivity contribution in [1.82, 2.24) is 14.8 Å². The molecule has 0 bridgehead atoms. The van der Waals surface area contributed by atoms with Crippen molar-refractivity contribution in [3.63, 3.8) is 0 Å². The van der Waals surface area contributed by atoms with E-state index in [0.717, 1.165) is 44.3 Å². The molecule has 0 radical (unpaired) electrons. The minimum Gasteiger partial charge on any atom is -0.325 e. The highest BCUT2D eigenvalue weighted by Gasteiger charge is 2.14. The summed E-state index contributed by atoms with van der Waals surface area (Å²) in [6, 6.07) is 13.8. The number of hydrogen-bond acceptors (Lipinski definition) is 5. The fourth-order valence-corrected chi connectivity index (χ4v) is 4.82. The summed E-state index contributed by atoms with van der Waals surface area (Å²) in [5.41, 5.74) is 4.18. The Morgan fingerprint density at radius 2 is 1.84 bits per heavy atom. The number of rotatable bonds is 10. The second-order valence-electron chi connectivity index (χ2n) is 7.02. The van der Waals surface area contributed by atoms with Crippen molar-refractivity contribution in [2.75, 3.05) is 11.1 Å². The van der Waals surface area contributed by atoms with Crippen LogP contribution in [0.25, 0.3) is 0 Å². The maximum Gasteiger partial charge on any atom is 0.234 e. The zero-order valence-electron chi connectivity index (χ0n) is 17.6. The zero-order chi connectivity index (χ0) is 22.2. The maximum atomic E-state index is 12.5. The van der Waals surface area contributed by atoms with E-state index in [0.29, 0.717) is 6.54 Å². The molecule has 0 fully saturated rings. The molecule has 0 spiro atoms. The van der Waals surface area contributed by atoms with Crippen LogP contribution < -0.4 is 5.32 Å². The predicted octanol–water partition coefficient (Wildman–Crippen LogP) is 5.90. The number of para-hydroxylation sites is 1. The van der Waals surface area contributed by atoms with Crippen molar-refractivity contribution in [2.24, 2.45) is 0 Å². The highest BCUT2D eigenvalue weighted by molar-refractivity contribution is 7.99. The predicted molar refractivity (Wildman–Crippen MR) is 132 cm³/mol. The minimum absolute atomic E-state index is 0.0609. The van der Waals surface area contributed by atoms with E-state index in [1.165, 1.54) is 17.3 Å².